The summed E-state index contributed by atoms with van der Waals surface area (Å²) >= 11 is 9.46. The minimum atomic E-state index is -0.137. The molecule has 88 valence electrons. The summed E-state index contributed by atoms with van der Waals surface area (Å²) in [4.78, 5) is 0. The summed E-state index contributed by atoms with van der Waals surface area (Å²) in [6.07, 6.45) is 0. The van der Waals surface area contributed by atoms with Crippen molar-refractivity contribution < 1.29 is 0 Å². The van der Waals surface area contributed by atoms with Gasteiger partial charge in [-0.3, -0.25) is 0 Å². The lowest BCUT2D eigenvalue weighted by atomic mass is 9.98. The van der Waals surface area contributed by atoms with Gasteiger partial charge in [-0.05, 0) is 35.7 Å². The molecule has 2 aromatic rings. The Labute approximate surface area is 115 Å². The fourth-order valence-corrected chi connectivity index (χ4v) is 2.40. The van der Waals surface area contributed by atoms with Crippen molar-refractivity contribution in [2.45, 2.75) is 13.0 Å². The first-order valence-electron chi connectivity index (χ1n) is 5.35. The monoisotopic (exact) mass is 309 g/mol. The first-order valence-corrected chi connectivity index (χ1v) is 6.52. The van der Waals surface area contributed by atoms with Crippen LogP contribution in [-0.4, -0.2) is 0 Å². The van der Waals surface area contributed by atoms with E-state index in [9.17, 15) is 0 Å². The van der Waals surface area contributed by atoms with E-state index < -0.39 is 0 Å². The van der Waals surface area contributed by atoms with Gasteiger partial charge in [0.05, 0.1) is 6.04 Å². The molecule has 0 heterocycles. The van der Waals surface area contributed by atoms with Crippen molar-refractivity contribution in [3.05, 3.63) is 68.7 Å². The maximum atomic E-state index is 6.26. The van der Waals surface area contributed by atoms with Crippen LogP contribution in [0.25, 0.3) is 0 Å². The van der Waals surface area contributed by atoms with E-state index >= 15 is 0 Å². The molecule has 0 amide bonds. The van der Waals surface area contributed by atoms with Gasteiger partial charge < -0.3 is 5.73 Å². The Kier molecular flexibility index (Phi) is 3.87. The van der Waals surface area contributed by atoms with Crippen molar-refractivity contribution in [3.8, 4) is 0 Å². The second kappa shape index (κ2) is 5.21. The standard InChI is InChI=1S/C14H13BrClN/c1-9-3-2-4-12(13(9)15)14(17)10-5-7-11(16)8-6-10/h2-8,14H,17H2,1H3. The van der Waals surface area contributed by atoms with Gasteiger partial charge in [-0.25, -0.2) is 0 Å². The quantitative estimate of drug-likeness (QED) is 0.871. The fraction of sp³-hybridized carbons (Fsp3) is 0.143. The lowest BCUT2D eigenvalue weighted by Gasteiger charge is -2.15. The molecule has 2 N–H and O–H groups in total. The molecule has 0 aliphatic carbocycles. The van der Waals surface area contributed by atoms with Gasteiger partial charge in [0.2, 0.25) is 0 Å². The Hall–Kier alpha value is -0.830. The van der Waals surface area contributed by atoms with E-state index in [2.05, 4.69) is 28.9 Å². The Morgan fingerprint density at radius 1 is 1.12 bits per heavy atom. The molecule has 0 saturated carbocycles. The summed E-state index contributed by atoms with van der Waals surface area (Å²) in [5, 5.41) is 0.726. The van der Waals surface area contributed by atoms with Crippen molar-refractivity contribution in [3.63, 3.8) is 0 Å². The van der Waals surface area contributed by atoms with Crippen LogP contribution in [0, 0.1) is 6.92 Å². The lowest BCUT2D eigenvalue weighted by molar-refractivity contribution is 0.863. The number of hydrogen-bond donors (Lipinski definition) is 1. The van der Waals surface area contributed by atoms with Crippen LogP contribution in [0.1, 0.15) is 22.7 Å². The van der Waals surface area contributed by atoms with Gasteiger partial charge in [-0.1, -0.05) is 57.9 Å². The molecule has 0 aliphatic heterocycles. The highest BCUT2D eigenvalue weighted by Gasteiger charge is 2.12. The van der Waals surface area contributed by atoms with Crippen molar-refractivity contribution in [1.82, 2.24) is 0 Å². The van der Waals surface area contributed by atoms with Crippen LogP contribution >= 0.6 is 27.5 Å². The molecular formula is C14H13BrClN. The summed E-state index contributed by atoms with van der Waals surface area (Å²) < 4.78 is 1.07. The molecule has 0 aliphatic rings. The summed E-state index contributed by atoms with van der Waals surface area (Å²) in [7, 11) is 0. The molecule has 0 saturated heterocycles. The topological polar surface area (TPSA) is 26.0 Å². The third kappa shape index (κ3) is 2.71. The summed E-state index contributed by atoms with van der Waals surface area (Å²) in [6.45, 7) is 2.06. The van der Waals surface area contributed by atoms with E-state index in [1.807, 2.05) is 36.4 Å². The highest BCUT2D eigenvalue weighted by atomic mass is 79.9. The Morgan fingerprint density at radius 2 is 1.76 bits per heavy atom. The van der Waals surface area contributed by atoms with Gasteiger partial charge in [0.15, 0.2) is 0 Å². The van der Waals surface area contributed by atoms with Crippen molar-refractivity contribution >= 4 is 27.5 Å². The zero-order valence-corrected chi connectivity index (χ0v) is 11.8. The van der Waals surface area contributed by atoms with E-state index in [0.29, 0.717) is 0 Å². The zero-order chi connectivity index (χ0) is 12.4. The maximum Gasteiger partial charge on any atom is 0.0562 e. The first kappa shape index (κ1) is 12.6. The second-order valence-corrected chi connectivity index (χ2v) is 5.24. The number of aryl methyl sites for hydroxylation is 1. The summed E-state index contributed by atoms with van der Waals surface area (Å²) in [5.74, 6) is 0. The van der Waals surface area contributed by atoms with Gasteiger partial charge >= 0.3 is 0 Å². The van der Waals surface area contributed by atoms with Gasteiger partial charge in [-0.2, -0.15) is 0 Å². The normalized spacial score (nSPS) is 12.5. The molecular weight excluding hydrogens is 298 g/mol. The molecule has 0 fully saturated rings. The third-order valence-corrected chi connectivity index (χ3v) is 4.12. The van der Waals surface area contributed by atoms with Gasteiger partial charge in [0, 0.05) is 9.50 Å². The lowest BCUT2D eigenvalue weighted by Crippen LogP contribution is -2.12. The number of nitrogens with two attached hydrogens (primary N) is 1. The van der Waals surface area contributed by atoms with Crippen LogP contribution in [-0.2, 0) is 0 Å². The molecule has 0 bridgehead atoms. The smallest absolute Gasteiger partial charge is 0.0562 e. The Bertz CT molecular complexity index is 522. The van der Waals surface area contributed by atoms with E-state index in [-0.39, 0.29) is 6.04 Å². The molecule has 0 radical (unpaired) electrons. The molecule has 2 aromatic carbocycles. The number of rotatable bonds is 2. The van der Waals surface area contributed by atoms with E-state index in [4.69, 9.17) is 17.3 Å². The number of benzene rings is 2. The van der Waals surface area contributed by atoms with Crippen LogP contribution in [0.5, 0.6) is 0 Å². The predicted molar refractivity (Wildman–Crippen MR) is 76.4 cm³/mol. The average Bonchev–Trinajstić information content (AvgIpc) is 2.33. The first-order chi connectivity index (χ1) is 8.09. The minimum absolute atomic E-state index is 0.137. The minimum Gasteiger partial charge on any atom is -0.320 e. The van der Waals surface area contributed by atoms with Gasteiger partial charge in [0.1, 0.15) is 0 Å². The molecule has 2 rings (SSSR count). The molecule has 3 heteroatoms. The van der Waals surface area contributed by atoms with Crippen LogP contribution in [0.4, 0.5) is 0 Å². The zero-order valence-electron chi connectivity index (χ0n) is 9.45. The van der Waals surface area contributed by atoms with E-state index in [1.54, 1.807) is 0 Å². The highest BCUT2D eigenvalue weighted by Crippen LogP contribution is 2.29. The van der Waals surface area contributed by atoms with Crippen molar-refractivity contribution in [2.75, 3.05) is 0 Å². The van der Waals surface area contributed by atoms with Crippen LogP contribution < -0.4 is 5.73 Å². The fourth-order valence-electron chi connectivity index (χ4n) is 1.76. The molecule has 0 spiro atoms. The molecule has 1 unspecified atom stereocenters. The van der Waals surface area contributed by atoms with E-state index in [0.717, 1.165) is 20.6 Å². The molecule has 0 aromatic heterocycles. The van der Waals surface area contributed by atoms with E-state index in [1.165, 1.54) is 5.56 Å². The summed E-state index contributed by atoms with van der Waals surface area (Å²) in [5.41, 5.74) is 9.60. The molecule has 1 atom stereocenters. The van der Waals surface area contributed by atoms with Crippen LogP contribution in [0.15, 0.2) is 46.9 Å². The largest absolute Gasteiger partial charge is 0.320 e. The SMILES string of the molecule is Cc1cccc(C(N)c2ccc(Cl)cc2)c1Br. The Morgan fingerprint density at radius 3 is 2.41 bits per heavy atom. The number of halogens is 2. The third-order valence-electron chi connectivity index (χ3n) is 2.79. The second-order valence-electron chi connectivity index (χ2n) is 4.01. The maximum absolute atomic E-state index is 6.26. The average molecular weight is 311 g/mol. The van der Waals surface area contributed by atoms with Crippen LogP contribution in [0.3, 0.4) is 0 Å². The molecule has 17 heavy (non-hydrogen) atoms. The van der Waals surface area contributed by atoms with Crippen molar-refractivity contribution in [1.29, 1.82) is 0 Å². The van der Waals surface area contributed by atoms with Gasteiger partial charge in [-0.15, -0.1) is 0 Å². The number of hydrogen-bond acceptors (Lipinski definition) is 1. The Balaban J connectivity index is 2.40. The predicted octanol–water partition coefficient (Wildman–Crippen LogP) is 4.46. The van der Waals surface area contributed by atoms with Crippen LogP contribution in [0.2, 0.25) is 5.02 Å². The van der Waals surface area contributed by atoms with Gasteiger partial charge in [0.25, 0.3) is 0 Å². The summed E-state index contributed by atoms with van der Waals surface area (Å²) in [6, 6.07) is 13.6. The highest BCUT2D eigenvalue weighted by molar-refractivity contribution is 9.10. The van der Waals surface area contributed by atoms with Crippen molar-refractivity contribution in [2.24, 2.45) is 5.73 Å². The molecule has 1 nitrogen and oxygen atoms in total.